The SMILES string of the molecule is COc1ccc2ncnc(Oc3cnc(CC(=O)Nc4cnn(C(C)(C)C)c4)c(Cl)c3)c2c1. The van der Waals surface area contributed by atoms with Gasteiger partial charge in [-0.2, -0.15) is 5.10 Å². The van der Waals surface area contributed by atoms with Crippen LogP contribution in [0.3, 0.4) is 0 Å². The number of nitrogens with one attached hydrogen (secondary N) is 1. The number of hydrogen-bond donors (Lipinski definition) is 1. The molecule has 1 aromatic carbocycles. The maximum atomic E-state index is 12.5. The first kappa shape index (κ1) is 22.5. The summed E-state index contributed by atoms with van der Waals surface area (Å²) in [5.41, 5.74) is 1.57. The van der Waals surface area contributed by atoms with E-state index in [4.69, 9.17) is 21.1 Å². The lowest BCUT2D eigenvalue weighted by molar-refractivity contribution is -0.115. The Morgan fingerprint density at radius 1 is 1.12 bits per heavy atom. The lowest BCUT2D eigenvalue weighted by Gasteiger charge is -2.18. The number of methoxy groups -OCH3 is 1. The molecule has 0 aliphatic carbocycles. The summed E-state index contributed by atoms with van der Waals surface area (Å²) < 4.78 is 13.0. The molecule has 0 saturated heterocycles. The van der Waals surface area contributed by atoms with Gasteiger partial charge in [0, 0.05) is 12.3 Å². The number of halogens is 1. The standard InChI is InChI=1S/C23H23ClN6O3/c1-23(2,3)30-12-14(10-28-30)29-21(31)9-20-18(24)8-16(11-25-20)33-22-17-7-15(32-4)5-6-19(17)26-13-27-22/h5-8,10-13H,9H2,1-4H3,(H,29,31). The lowest BCUT2D eigenvalue weighted by Crippen LogP contribution is -2.22. The first-order chi connectivity index (χ1) is 15.7. The van der Waals surface area contributed by atoms with Crippen molar-refractivity contribution in [2.24, 2.45) is 0 Å². The molecule has 0 fully saturated rings. The van der Waals surface area contributed by atoms with Gasteiger partial charge in [0.15, 0.2) is 0 Å². The van der Waals surface area contributed by atoms with Crippen LogP contribution in [0.15, 0.2) is 49.2 Å². The van der Waals surface area contributed by atoms with E-state index in [9.17, 15) is 4.79 Å². The molecule has 3 heterocycles. The van der Waals surface area contributed by atoms with Gasteiger partial charge >= 0.3 is 0 Å². The number of carbonyl (C=O) groups is 1. The Morgan fingerprint density at radius 3 is 2.64 bits per heavy atom. The minimum atomic E-state index is -0.250. The molecule has 1 amide bonds. The topological polar surface area (TPSA) is 104 Å². The Kier molecular flexibility index (Phi) is 6.15. The molecule has 0 unspecified atom stereocenters. The second-order valence-corrected chi connectivity index (χ2v) is 8.74. The fourth-order valence-electron chi connectivity index (χ4n) is 3.08. The smallest absolute Gasteiger partial charge is 0.230 e. The third kappa shape index (κ3) is 5.20. The summed E-state index contributed by atoms with van der Waals surface area (Å²) >= 11 is 6.38. The zero-order valence-corrected chi connectivity index (χ0v) is 19.4. The van der Waals surface area contributed by atoms with E-state index in [1.54, 1.807) is 36.3 Å². The van der Waals surface area contributed by atoms with Crippen molar-refractivity contribution < 1.29 is 14.3 Å². The monoisotopic (exact) mass is 466 g/mol. The van der Waals surface area contributed by atoms with Crippen LogP contribution in [-0.2, 0) is 16.8 Å². The van der Waals surface area contributed by atoms with Crippen LogP contribution in [0, 0.1) is 0 Å². The highest BCUT2D eigenvalue weighted by Crippen LogP contribution is 2.30. The maximum Gasteiger partial charge on any atom is 0.230 e. The molecule has 4 aromatic rings. The Balaban J connectivity index is 1.47. The number of aromatic nitrogens is 5. The van der Waals surface area contributed by atoms with Gasteiger partial charge in [-0.05, 0) is 39.0 Å². The Morgan fingerprint density at radius 2 is 1.94 bits per heavy atom. The average molecular weight is 467 g/mol. The number of rotatable bonds is 6. The molecule has 0 aliphatic rings. The van der Waals surface area contributed by atoms with Crippen molar-refractivity contribution in [1.82, 2.24) is 24.7 Å². The van der Waals surface area contributed by atoms with Gasteiger partial charge in [-0.1, -0.05) is 11.6 Å². The normalized spacial score (nSPS) is 11.4. The zero-order valence-electron chi connectivity index (χ0n) is 18.7. The van der Waals surface area contributed by atoms with Crippen LogP contribution in [-0.4, -0.2) is 37.7 Å². The summed E-state index contributed by atoms with van der Waals surface area (Å²) in [7, 11) is 1.58. The number of nitrogens with zero attached hydrogens (tertiary/aromatic N) is 5. The van der Waals surface area contributed by atoms with Gasteiger partial charge in [-0.25, -0.2) is 9.97 Å². The first-order valence-corrected chi connectivity index (χ1v) is 10.6. The summed E-state index contributed by atoms with van der Waals surface area (Å²) in [5, 5.41) is 8.09. The van der Waals surface area contributed by atoms with E-state index in [1.165, 1.54) is 12.5 Å². The number of carbonyl (C=O) groups excluding carboxylic acids is 1. The van der Waals surface area contributed by atoms with E-state index < -0.39 is 0 Å². The Bertz CT molecular complexity index is 1320. The quantitative estimate of drug-likeness (QED) is 0.442. The van der Waals surface area contributed by atoms with Crippen molar-refractivity contribution in [3.8, 4) is 17.4 Å². The Hall–Kier alpha value is -3.72. The number of anilines is 1. The molecule has 4 rings (SSSR count). The van der Waals surface area contributed by atoms with E-state index in [2.05, 4.69) is 25.4 Å². The minimum absolute atomic E-state index is 0.00739. The average Bonchev–Trinajstić information content (AvgIpc) is 3.24. The first-order valence-electron chi connectivity index (χ1n) is 10.2. The number of amides is 1. The largest absolute Gasteiger partial charge is 0.497 e. The van der Waals surface area contributed by atoms with Crippen LogP contribution in [0.25, 0.3) is 10.9 Å². The number of ether oxygens (including phenoxy) is 2. The van der Waals surface area contributed by atoms with E-state index >= 15 is 0 Å². The summed E-state index contributed by atoms with van der Waals surface area (Å²) in [5.74, 6) is 1.14. The van der Waals surface area contributed by atoms with Crippen LogP contribution in [0.4, 0.5) is 5.69 Å². The van der Waals surface area contributed by atoms with Crippen molar-refractivity contribution in [2.75, 3.05) is 12.4 Å². The van der Waals surface area contributed by atoms with Crippen molar-refractivity contribution in [1.29, 1.82) is 0 Å². The predicted molar refractivity (Wildman–Crippen MR) is 125 cm³/mol. The second kappa shape index (κ2) is 9.03. The Labute approximate surface area is 195 Å². The van der Waals surface area contributed by atoms with Gasteiger partial charge in [-0.3, -0.25) is 14.5 Å². The molecule has 33 heavy (non-hydrogen) atoms. The van der Waals surface area contributed by atoms with E-state index in [-0.39, 0.29) is 17.9 Å². The highest BCUT2D eigenvalue weighted by Gasteiger charge is 2.16. The van der Waals surface area contributed by atoms with Crippen LogP contribution in [0.5, 0.6) is 17.4 Å². The number of benzene rings is 1. The van der Waals surface area contributed by atoms with Gasteiger partial charge in [0.2, 0.25) is 11.8 Å². The van der Waals surface area contributed by atoms with Crippen molar-refractivity contribution in [2.45, 2.75) is 32.7 Å². The van der Waals surface area contributed by atoms with Gasteiger partial charge in [0.25, 0.3) is 0 Å². The molecule has 0 spiro atoms. The van der Waals surface area contributed by atoms with Gasteiger partial charge in [-0.15, -0.1) is 0 Å². The highest BCUT2D eigenvalue weighted by molar-refractivity contribution is 6.31. The van der Waals surface area contributed by atoms with Crippen LogP contribution in [0.2, 0.25) is 5.02 Å². The van der Waals surface area contributed by atoms with E-state index in [1.807, 2.05) is 32.9 Å². The lowest BCUT2D eigenvalue weighted by atomic mass is 10.1. The van der Waals surface area contributed by atoms with E-state index in [0.29, 0.717) is 44.7 Å². The fraction of sp³-hybridized carbons (Fsp3) is 0.261. The molecule has 0 bridgehead atoms. The van der Waals surface area contributed by atoms with Crippen LogP contribution in [0.1, 0.15) is 26.5 Å². The van der Waals surface area contributed by atoms with Gasteiger partial charge in [0.1, 0.15) is 17.8 Å². The molecule has 9 nitrogen and oxygen atoms in total. The van der Waals surface area contributed by atoms with Crippen LogP contribution >= 0.6 is 11.6 Å². The molecule has 1 N–H and O–H groups in total. The molecule has 10 heteroatoms. The van der Waals surface area contributed by atoms with Crippen molar-refractivity contribution in [3.05, 3.63) is 59.9 Å². The second-order valence-electron chi connectivity index (χ2n) is 8.33. The zero-order chi connectivity index (χ0) is 23.6. The molecule has 3 aromatic heterocycles. The summed E-state index contributed by atoms with van der Waals surface area (Å²) in [4.78, 5) is 25.2. The van der Waals surface area contributed by atoms with Gasteiger partial charge in [0.05, 0.1) is 58.8 Å². The number of hydrogen-bond acceptors (Lipinski definition) is 7. The van der Waals surface area contributed by atoms with E-state index in [0.717, 1.165) is 0 Å². The number of fused-ring (bicyclic) bond motifs is 1. The molecular weight excluding hydrogens is 444 g/mol. The molecule has 0 saturated carbocycles. The molecule has 0 radical (unpaired) electrons. The summed E-state index contributed by atoms with van der Waals surface area (Å²) in [6.07, 6.45) is 6.31. The summed E-state index contributed by atoms with van der Waals surface area (Å²) in [6, 6.07) is 7.02. The third-order valence-electron chi connectivity index (χ3n) is 4.79. The molecular formula is C23H23ClN6O3. The van der Waals surface area contributed by atoms with Crippen molar-refractivity contribution in [3.63, 3.8) is 0 Å². The van der Waals surface area contributed by atoms with Crippen molar-refractivity contribution >= 4 is 34.1 Å². The number of pyridine rings is 1. The molecule has 0 aliphatic heterocycles. The third-order valence-corrected chi connectivity index (χ3v) is 5.12. The summed E-state index contributed by atoms with van der Waals surface area (Å²) in [6.45, 7) is 6.08. The maximum absolute atomic E-state index is 12.5. The predicted octanol–water partition coefficient (Wildman–Crippen LogP) is 4.61. The highest BCUT2D eigenvalue weighted by atomic mass is 35.5. The minimum Gasteiger partial charge on any atom is -0.497 e. The fourth-order valence-corrected chi connectivity index (χ4v) is 3.30. The van der Waals surface area contributed by atoms with Crippen LogP contribution < -0.4 is 14.8 Å². The molecule has 170 valence electrons. The van der Waals surface area contributed by atoms with Gasteiger partial charge < -0.3 is 14.8 Å². The molecule has 0 atom stereocenters.